The molecule has 0 aromatic heterocycles. The number of oxime groups is 1. The largest absolute Gasteiger partial charge is 0.493 e. The molecule has 1 aromatic carbocycles. The number of benzene rings is 1. The maximum atomic E-state index is 9.07. The van der Waals surface area contributed by atoms with Crippen molar-refractivity contribution in [3.05, 3.63) is 29.3 Å². The zero-order chi connectivity index (χ0) is 14.2. The Kier molecular flexibility index (Phi) is 5.90. The van der Waals surface area contributed by atoms with Crippen LogP contribution >= 0.6 is 0 Å². The summed E-state index contributed by atoms with van der Waals surface area (Å²) in [7, 11) is 0. The van der Waals surface area contributed by atoms with E-state index in [2.05, 4.69) is 12.1 Å². The van der Waals surface area contributed by atoms with Gasteiger partial charge in [-0.15, -0.1) is 0 Å². The van der Waals surface area contributed by atoms with Crippen LogP contribution in [0.1, 0.15) is 63.0 Å². The lowest BCUT2D eigenvalue weighted by Crippen LogP contribution is -2.13. The number of ether oxygens (including phenoxy) is 1. The maximum Gasteiger partial charge on any atom is 0.123 e. The van der Waals surface area contributed by atoms with Crippen LogP contribution in [-0.2, 0) is 6.42 Å². The first-order chi connectivity index (χ1) is 9.86. The fourth-order valence-electron chi connectivity index (χ4n) is 2.79. The van der Waals surface area contributed by atoms with Gasteiger partial charge in [-0.3, -0.25) is 0 Å². The van der Waals surface area contributed by atoms with Gasteiger partial charge in [-0.05, 0) is 31.7 Å². The Morgan fingerprint density at radius 2 is 2.00 bits per heavy atom. The smallest absolute Gasteiger partial charge is 0.123 e. The van der Waals surface area contributed by atoms with E-state index in [-0.39, 0.29) is 0 Å². The zero-order valence-electron chi connectivity index (χ0n) is 12.4. The van der Waals surface area contributed by atoms with E-state index in [9.17, 15) is 0 Å². The van der Waals surface area contributed by atoms with Gasteiger partial charge in [-0.25, -0.2) is 0 Å². The van der Waals surface area contributed by atoms with Gasteiger partial charge in [0.25, 0.3) is 0 Å². The van der Waals surface area contributed by atoms with Gasteiger partial charge in [0.15, 0.2) is 0 Å². The monoisotopic (exact) mass is 275 g/mol. The first-order valence-electron chi connectivity index (χ1n) is 7.82. The Morgan fingerprint density at radius 1 is 1.15 bits per heavy atom. The third-order valence-corrected chi connectivity index (χ3v) is 3.91. The number of hydrogen-bond acceptors (Lipinski definition) is 3. The van der Waals surface area contributed by atoms with E-state index in [4.69, 9.17) is 9.94 Å². The number of nitrogens with zero attached hydrogens (tertiary/aromatic N) is 1. The molecule has 2 rings (SSSR count). The Labute approximate surface area is 121 Å². The molecule has 0 heterocycles. The molecule has 0 bridgehead atoms. The summed E-state index contributed by atoms with van der Waals surface area (Å²) in [6.45, 7) is 3.01. The van der Waals surface area contributed by atoms with Gasteiger partial charge in [0, 0.05) is 11.1 Å². The summed E-state index contributed by atoms with van der Waals surface area (Å²) in [5.74, 6) is 0.971. The van der Waals surface area contributed by atoms with Crippen molar-refractivity contribution in [2.45, 2.75) is 58.3 Å². The topological polar surface area (TPSA) is 41.8 Å². The standard InChI is InChI=1S/C17H25NO2/c1-2-3-4-5-6-13-20-17-12-8-9-14-15(17)10-7-11-16(14)18-19/h8-9,12,19H,2-7,10-11,13H2,1H3. The lowest BCUT2D eigenvalue weighted by atomic mass is 9.89. The van der Waals surface area contributed by atoms with Gasteiger partial charge in [0.05, 0.1) is 12.3 Å². The van der Waals surface area contributed by atoms with Gasteiger partial charge in [0.1, 0.15) is 5.75 Å². The highest BCUT2D eigenvalue weighted by Crippen LogP contribution is 2.30. The second-order valence-electron chi connectivity index (χ2n) is 5.45. The van der Waals surface area contributed by atoms with Gasteiger partial charge in [-0.2, -0.15) is 0 Å². The second-order valence-corrected chi connectivity index (χ2v) is 5.45. The van der Waals surface area contributed by atoms with Crippen LogP contribution in [0.15, 0.2) is 23.4 Å². The molecule has 1 N–H and O–H groups in total. The first kappa shape index (κ1) is 14.9. The first-order valence-corrected chi connectivity index (χ1v) is 7.82. The molecule has 0 fully saturated rings. The molecule has 1 aliphatic carbocycles. The van der Waals surface area contributed by atoms with Crippen molar-refractivity contribution in [2.75, 3.05) is 6.61 Å². The molecule has 0 saturated heterocycles. The van der Waals surface area contributed by atoms with E-state index < -0.39 is 0 Å². The normalized spacial score (nSPS) is 16.1. The van der Waals surface area contributed by atoms with Gasteiger partial charge >= 0.3 is 0 Å². The third kappa shape index (κ3) is 3.75. The van der Waals surface area contributed by atoms with Gasteiger partial charge < -0.3 is 9.94 Å². The average Bonchev–Trinajstić information content (AvgIpc) is 2.50. The molecule has 1 aliphatic rings. The molecular weight excluding hydrogens is 250 g/mol. The molecule has 0 spiro atoms. The van der Waals surface area contributed by atoms with Crippen LogP contribution < -0.4 is 4.74 Å². The van der Waals surface area contributed by atoms with E-state index in [1.54, 1.807) is 0 Å². The summed E-state index contributed by atoms with van der Waals surface area (Å²) in [6, 6.07) is 6.05. The van der Waals surface area contributed by atoms with E-state index >= 15 is 0 Å². The van der Waals surface area contributed by atoms with Crippen LogP contribution in [0.4, 0.5) is 0 Å². The number of hydrogen-bond donors (Lipinski definition) is 1. The van der Waals surface area contributed by atoms with E-state index in [1.807, 2.05) is 18.2 Å². The number of unbranched alkanes of at least 4 members (excludes halogenated alkanes) is 4. The second kappa shape index (κ2) is 7.93. The minimum Gasteiger partial charge on any atom is -0.493 e. The minimum absolute atomic E-state index is 0.784. The summed E-state index contributed by atoms with van der Waals surface area (Å²) in [5.41, 5.74) is 3.06. The molecule has 0 atom stereocenters. The van der Waals surface area contributed by atoms with Crippen LogP contribution in [0.5, 0.6) is 5.75 Å². The van der Waals surface area contributed by atoms with E-state index in [0.29, 0.717) is 0 Å². The molecule has 0 radical (unpaired) electrons. The summed E-state index contributed by atoms with van der Waals surface area (Å²) >= 11 is 0. The Morgan fingerprint density at radius 3 is 2.80 bits per heavy atom. The lowest BCUT2D eigenvalue weighted by molar-refractivity contribution is 0.300. The van der Waals surface area contributed by atoms with E-state index in [1.165, 1.54) is 31.2 Å². The predicted octanol–water partition coefficient (Wildman–Crippen LogP) is 4.55. The highest BCUT2D eigenvalue weighted by molar-refractivity contribution is 6.02. The third-order valence-electron chi connectivity index (χ3n) is 3.91. The molecule has 1 aromatic rings. The molecule has 0 unspecified atom stereocenters. The van der Waals surface area contributed by atoms with Crippen LogP contribution in [0, 0.1) is 0 Å². The number of fused-ring (bicyclic) bond motifs is 1. The van der Waals surface area contributed by atoms with Gasteiger partial charge in [-0.1, -0.05) is 49.9 Å². The number of rotatable bonds is 7. The van der Waals surface area contributed by atoms with Crippen molar-refractivity contribution in [2.24, 2.45) is 5.16 Å². The lowest BCUT2D eigenvalue weighted by Gasteiger charge is -2.20. The molecule has 3 nitrogen and oxygen atoms in total. The maximum absolute atomic E-state index is 9.07. The molecule has 3 heteroatoms. The molecule has 0 saturated carbocycles. The van der Waals surface area contributed by atoms with Crippen LogP contribution in [-0.4, -0.2) is 17.5 Å². The molecule has 0 aliphatic heterocycles. The molecule has 20 heavy (non-hydrogen) atoms. The van der Waals surface area contributed by atoms with Crippen LogP contribution in [0.25, 0.3) is 0 Å². The van der Waals surface area contributed by atoms with Gasteiger partial charge in [0.2, 0.25) is 0 Å². The van der Waals surface area contributed by atoms with Crippen LogP contribution in [0.2, 0.25) is 0 Å². The molecule has 110 valence electrons. The SMILES string of the molecule is CCCCCCCOc1cccc2c1CCCC2=NO. The molecule has 0 amide bonds. The van der Waals surface area contributed by atoms with Crippen molar-refractivity contribution in [1.29, 1.82) is 0 Å². The Balaban J connectivity index is 1.92. The fourth-order valence-corrected chi connectivity index (χ4v) is 2.79. The van der Waals surface area contributed by atoms with Crippen molar-refractivity contribution < 1.29 is 9.94 Å². The van der Waals surface area contributed by atoms with Crippen LogP contribution in [0.3, 0.4) is 0 Å². The fraction of sp³-hybridized carbons (Fsp3) is 0.588. The summed E-state index contributed by atoms with van der Waals surface area (Å²) < 4.78 is 5.94. The molecular formula is C17H25NO2. The Bertz CT molecular complexity index is 454. The highest BCUT2D eigenvalue weighted by Gasteiger charge is 2.19. The average molecular weight is 275 g/mol. The summed E-state index contributed by atoms with van der Waals surface area (Å²) in [4.78, 5) is 0. The highest BCUT2D eigenvalue weighted by atomic mass is 16.5. The summed E-state index contributed by atoms with van der Waals surface area (Å²) in [6.07, 6.45) is 9.14. The quantitative estimate of drug-likeness (QED) is 0.450. The van der Waals surface area contributed by atoms with E-state index in [0.717, 1.165) is 49.3 Å². The zero-order valence-corrected chi connectivity index (χ0v) is 12.4. The van der Waals surface area contributed by atoms with Crippen molar-refractivity contribution in [3.63, 3.8) is 0 Å². The van der Waals surface area contributed by atoms with Crippen molar-refractivity contribution in [1.82, 2.24) is 0 Å². The predicted molar refractivity (Wildman–Crippen MR) is 82.0 cm³/mol. The summed E-state index contributed by atoms with van der Waals surface area (Å²) in [5, 5.41) is 12.5. The Hall–Kier alpha value is -1.51. The van der Waals surface area contributed by atoms with Crippen molar-refractivity contribution >= 4 is 5.71 Å². The minimum atomic E-state index is 0.784. The van der Waals surface area contributed by atoms with Crippen molar-refractivity contribution in [3.8, 4) is 5.75 Å².